The molecular formula is C17H16ClNO3S. The van der Waals surface area contributed by atoms with Crippen molar-refractivity contribution in [2.45, 2.75) is 5.37 Å². The Morgan fingerprint density at radius 1 is 1.13 bits per heavy atom. The molecular weight excluding hydrogens is 334 g/mol. The van der Waals surface area contributed by atoms with Gasteiger partial charge < -0.3 is 9.47 Å². The molecule has 1 unspecified atom stereocenters. The molecule has 2 aromatic carbocycles. The van der Waals surface area contributed by atoms with Gasteiger partial charge in [0.15, 0.2) is 11.5 Å². The van der Waals surface area contributed by atoms with E-state index in [1.807, 2.05) is 30.3 Å². The van der Waals surface area contributed by atoms with E-state index in [2.05, 4.69) is 0 Å². The summed E-state index contributed by atoms with van der Waals surface area (Å²) in [6, 6.07) is 13.1. The van der Waals surface area contributed by atoms with Crippen molar-refractivity contribution in [3.05, 3.63) is 53.1 Å². The molecule has 1 heterocycles. The molecule has 0 bridgehead atoms. The summed E-state index contributed by atoms with van der Waals surface area (Å²) in [5.41, 5.74) is 1.78. The molecule has 1 aliphatic rings. The number of carbonyl (C=O) groups excluding carboxylic acids is 1. The number of amides is 1. The van der Waals surface area contributed by atoms with Crippen LogP contribution in [0.1, 0.15) is 10.9 Å². The van der Waals surface area contributed by atoms with Gasteiger partial charge in [0.05, 0.1) is 20.0 Å². The third kappa shape index (κ3) is 3.12. The van der Waals surface area contributed by atoms with Crippen LogP contribution >= 0.6 is 23.4 Å². The lowest BCUT2D eigenvalue weighted by Gasteiger charge is -2.25. The molecule has 0 saturated carbocycles. The highest BCUT2D eigenvalue weighted by Gasteiger charge is 2.34. The predicted octanol–water partition coefficient (Wildman–Crippen LogP) is 4.14. The summed E-state index contributed by atoms with van der Waals surface area (Å²) in [6.07, 6.45) is 0. The van der Waals surface area contributed by atoms with Crippen molar-refractivity contribution in [1.82, 2.24) is 0 Å². The second-order valence-corrected chi connectivity index (χ2v) is 6.53. The first-order valence-corrected chi connectivity index (χ1v) is 8.48. The van der Waals surface area contributed by atoms with Crippen LogP contribution in [0.4, 0.5) is 5.69 Å². The van der Waals surface area contributed by atoms with Crippen molar-refractivity contribution in [3.8, 4) is 11.5 Å². The smallest absolute Gasteiger partial charge is 0.238 e. The van der Waals surface area contributed by atoms with Crippen LogP contribution in [0.5, 0.6) is 11.5 Å². The van der Waals surface area contributed by atoms with Gasteiger partial charge >= 0.3 is 0 Å². The number of nitrogens with zero attached hydrogens (tertiary/aromatic N) is 1. The molecule has 1 aliphatic heterocycles. The fraction of sp³-hybridized carbons (Fsp3) is 0.235. The summed E-state index contributed by atoms with van der Waals surface area (Å²) in [7, 11) is 3.20. The predicted molar refractivity (Wildman–Crippen MR) is 93.7 cm³/mol. The number of benzene rings is 2. The molecule has 0 aromatic heterocycles. The second kappa shape index (κ2) is 6.72. The van der Waals surface area contributed by atoms with Crippen LogP contribution in [0.2, 0.25) is 5.02 Å². The van der Waals surface area contributed by atoms with Gasteiger partial charge in [-0.15, -0.1) is 11.8 Å². The average molecular weight is 350 g/mol. The summed E-state index contributed by atoms with van der Waals surface area (Å²) in [5, 5.41) is 0.499. The van der Waals surface area contributed by atoms with Crippen molar-refractivity contribution in [3.63, 3.8) is 0 Å². The maximum atomic E-state index is 12.4. The molecule has 2 aromatic rings. The van der Waals surface area contributed by atoms with Crippen LogP contribution in [0.25, 0.3) is 0 Å². The highest BCUT2D eigenvalue weighted by Crippen LogP contribution is 2.44. The van der Waals surface area contributed by atoms with E-state index >= 15 is 0 Å². The lowest BCUT2D eigenvalue weighted by molar-refractivity contribution is -0.115. The van der Waals surface area contributed by atoms with Gasteiger partial charge in [-0.25, -0.2) is 0 Å². The quantitative estimate of drug-likeness (QED) is 0.831. The van der Waals surface area contributed by atoms with Gasteiger partial charge in [-0.3, -0.25) is 9.69 Å². The SMILES string of the molecule is COc1ccc(C2SCC(=O)N2c2cccc(Cl)c2)cc1OC. The number of ether oxygens (including phenoxy) is 2. The minimum absolute atomic E-state index is 0.0667. The van der Waals surface area contributed by atoms with Gasteiger partial charge in [0.25, 0.3) is 0 Å². The van der Waals surface area contributed by atoms with E-state index in [4.69, 9.17) is 21.1 Å². The van der Waals surface area contributed by atoms with Gasteiger partial charge in [-0.2, -0.15) is 0 Å². The summed E-state index contributed by atoms with van der Waals surface area (Å²) >= 11 is 7.65. The fourth-order valence-corrected chi connectivity index (χ4v) is 3.93. The number of halogens is 1. The lowest BCUT2D eigenvalue weighted by atomic mass is 10.1. The molecule has 1 fully saturated rings. The van der Waals surface area contributed by atoms with Crippen LogP contribution in [-0.4, -0.2) is 25.9 Å². The van der Waals surface area contributed by atoms with Crippen molar-refractivity contribution < 1.29 is 14.3 Å². The Bertz CT molecular complexity index is 738. The molecule has 0 spiro atoms. The van der Waals surface area contributed by atoms with Gasteiger partial charge in [-0.1, -0.05) is 23.7 Å². The number of hydrogen-bond acceptors (Lipinski definition) is 4. The molecule has 0 N–H and O–H groups in total. The maximum Gasteiger partial charge on any atom is 0.238 e. The Kier molecular flexibility index (Phi) is 4.68. The molecule has 0 aliphatic carbocycles. The Morgan fingerprint density at radius 2 is 1.91 bits per heavy atom. The van der Waals surface area contributed by atoms with E-state index in [-0.39, 0.29) is 11.3 Å². The van der Waals surface area contributed by atoms with E-state index in [9.17, 15) is 4.79 Å². The highest BCUT2D eigenvalue weighted by molar-refractivity contribution is 8.00. The van der Waals surface area contributed by atoms with Gasteiger partial charge in [-0.05, 0) is 35.9 Å². The zero-order valence-corrected chi connectivity index (χ0v) is 14.4. The minimum atomic E-state index is -0.110. The van der Waals surface area contributed by atoms with Gasteiger partial charge in [0.1, 0.15) is 5.37 Å². The van der Waals surface area contributed by atoms with Gasteiger partial charge in [0, 0.05) is 10.7 Å². The molecule has 1 amide bonds. The van der Waals surface area contributed by atoms with Crippen LogP contribution < -0.4 is 14.4 Å². The minimum Gasteiger partial charge on any atom is -0.493 e. The Morgan fingerprint density at radius 3 is 2.61 bits per heavy atom. The van der Waals surface area contributed by atoms with Crippen molar-refractivity contribution in [1.29, 1.82) is 0 Å². The molecule has 1 atom stereocenters. The Hall–Kier alpha value is -1.85. The van der Waals surface area contributed by atoms with E-state index in [1.54, 1.807) is 43.0 Å². The average Bonchev–Trinajstić information content (AvgIpc) is 2.95. The molecule has 6 heteroatoms. The molecule has 120 valence electrons. The first kappa shape index (κ1) is 16.0. The topological polar surface area (TPSA) is 38.8 Å². The Balaban J connectivity index is 1.99. The number of thioether (sulfide) groups is 1. The van der Waals surface area contributed by atoms with E-state index in [0.29, 0.717) is 22.3 Å². The summed E-state index contributed by atoms with van der Waals surface area (Å²) < 4.78 is 10.6. The van der Waals surface area contributed by atoms with Crippen LogP contribution in [-0.2, 0) is 4.79 Å². The summed E-state index contributed by atoms with van der Waals surface area (Å²) in [4.78, 5) is 14.1. The van der Waals surface area contributed by atoms with E-state index in [0.717, 1.165) is 11.3 Å². The monoisotopic (exact) mass is 349 g/mol. The van der Waals surface area contributed by atoms with Crippen molar-refractivity contribution >= 4 is 35.0 Å². The third-order valence-electron chi connectivity index (χ3n) is 3.65. The van der Waals surface area contributed by atoms with Crippen LogP contribution in [0.15, 0.2) is 42.5 Å². The zero-order chi connectivity index (χ0) is 16.4. The van der Waals surface area contributed by atoms with E-state index < -0.39 is 0 Å². The highest BCUT2D eigenvalue weighted by atomic mass is 35.5. The number of carbonyl (C=O) groups is 1. The fourth-order valence-electron chi connectivity index (χ4n) is 2.58. The van der Waals surface area contributed by atoms with E-state index in [1.165, 1.54) is 0 Å². The maximum absolute atomic E-state index is 12.4. The van der Waals surface area contributed by atoms with Crippen molar-refractivity contribution in [2.75, 3.05) is 24.9 Å². The standard InChI is InChI=1S/C17H16ClNO3S/c1-21-14-7-6-11(8-15(14)22-2)17-19(16(20)10-23-17)13-5-3-4-12(18)9-13/h3-9,17H,10H2,1-2H3. The van der Waals surface area contributed by atoms with Gasteiger partial charge in [0.2, 0.25) is 5.91 Å². The first-order valence-electron chi connectivity index (χ1n) is 7.05. The molecule has 3 rings (SSSR count). The first-order chi connectivity index (χ1) is 11.1. The molecule has 0 radical (unpaired) electrons. The third-order valence-corrected chi connectivity index (χ3v) is 5.09. The van der Waals surface area contributed by atoms with Crippen LogP contribution in [0.3, 0.4) is 0 Å². The normalized spacial score (nSPS) is 17.4. The molecule has 4 nitrogen and oxygen atoms in total. The van der Waals surface area contributed by atoms with Crippen molar-refractivity contribution in [2.24, 2.45) is 0 Å². The molecule has 1 saturated heterocycles. The number of anilines is 1. The lowest BCUT2D eigenvalue weighted by Crippen LogP contribution is -2.27. The number of methoxy groups -OCH3 is 2. The number of hydrogen-bond donors (Lipinski definition) is 0. The molecule has 23 heavy (non-hydrogen) atoms. The number of rotatable bonds is 4. The Labute approximate surface area is 144 Å². The van der Waals surface area contributed by atoms with Crippen LogP contribution in [0, 0.1) is 0 Å². The summed E-state index contributed by atoms with van der Waals surface area (Å²) in [5.74, 6) is 1.82. The largest absolute Gasteiger partial charge is 0.493 e. The summed E-state index contributed by atoms with van der Waals surface area (Å²) in [6.45, 7) is 0. The second-order valence-electron chi connectivity index (χ2n) is 5.02. The zero-order valence-electron chi connectivity index (χ0n) is 12.8.